The van der Waals surface area contributed by atoms with E-state index in [1.165, 1.54) is 32.1 Å². The van der Waals surface area contributed by atoms with Crippen LogP contribution in [0.5, 0.6) is 0 Å². The Morgan fingerprint density at radius 2 is 1.86 bits per heavy atom. The van der Waals surface area contributed by atoms with Gasteiger partial charge in [0.15, 0.2) is 0 Å². The number of hydrogen-bond donors (Lipinski definition) is 0. The number of ether oxygens (including phenoxy) is 1. The minimum atomic E-state index is -0.140. The molecule has 6 heteroatoms. The fourth-order valence-electron chi connectivity index (χ4n) is 6.68. The highest BCUT2D eigenvalue weighted by Crippen LogP contribution is 2.57. The van der Waals surface area contributed by atoms with Crippen molar-refractivity contribution in [2.45, 2.75) is 64.5 Å². The highest BCUT2D eigenvalue weighted by molar-refractivity contribution is 5.83. The van der Waals surface area contributed by atoms with Gasteiger partial charge < -0.3 is 14.5 Å². The molecule has 3 aliphatic heterocycles. The average Bonchev–Trinajstić information content (AvgIpc) is 3.00. The molecule has 5 aliphatic rings. The maximum absolute atomic E-state index is 13.0. The Hall–Kier alpha value is -1.30. The van der Waals surface area contributed by atoms with Gasteiger partial charge in [0.1, 0.15) is 0 Å². The van der Waals surface area contributed by atoms with Gasteiger partial charge in [0, 0.05) is 50.7 Å². The van der Waals surface area contributed by atoms with Gasteiger partial charge in [0.25, 0.3) is 0 Å². The summed E-state index contributed by atoms with van der Waals surface area (Å²) in [5.74, 6) is 1.99. The van der Waals surface area contributed by atoms with Crippen molar-refractivity contribution in [1.82, 2.24) is 14.7 Å². The molecule has 4 atom stereocenters. The smallest absolute Gasteiger partial charge is 0.409 e. The largest absolute Gasteiger partial charge is 0.450 e. The third-order valence-electron chi connectivity index (χ3n) is 8.41. The zero-order valence-electron chi connectivity index (χ0n) is 17.4. The molecule has 2 aliphatic carbocycles. The Morgan fingerprint density at radius 1 is 1.11 bits per heavy atom. The van der Waals surface area contributed by atoms with E-state index in [1.54, 1.807) is 0 Å². The summed E-state index contributed by atoms with van der Waals surface area (Å²) >= 11 is 0. The molecule has 6 nitrogen and oxygen atoms in total. The van der Waals surface area contributed by atoms with E-state index in [4.69, 9.17) is 4.74 Å². The molecule has 0 aromatic rings. The van der Waals surface area contributed by atoms with Crippen molar-refractivity contribution in [3.63, 3.8) is 0 Å². The lowest BCUT2D eigenvalue weighted by Crippen LogP contribution is -2.52. The average molecular weight is 390 g/mol. The second-order valence-corrected chi connectivity index (χ2v) is 10.1. The summed E-state index contributed by atoms with van der Waals surface area (Å²) in [5, 5.41) is 0. The van der Waals surface area contributed by atoms with Gasteiger partial charge in [-0.15, -0.1) is 0 Å². The molecule has 1 spiro atoms. The summed E-state index contributed by atoms with van der Waals surface area (Å²) in [4.78, 5) is 31.7. The van der Waals surface area contributed by atoms with Crippen molar-refractivity contribution in [1.29, 1.82) is 0 Å². The van der Waals surface area contributed by atoms with Crippen molar-refractivity contribution in [2.75, 3.05) is 39.3 Å². The molecule has 2 saturated carbocycles. The van der Waals surface area contributed by atoms with E-state index in [2.05, 4.69) is 16.7 Å². The van der Waals surface area contributed by atoms with Crippen LogP contribution < -0.4 is 0 Å². The topological polar surface area (TPSA) is 53.1 Å². The Balaban J connectivity index is 1.09. The van der Waals surface area contributed by atoms with E-state index in [9.17, 15) is 9.59 Å². The molecule has 0 aromatic heterocycles. The van der Waals surface area contributed by atoms with E-state index in [0.29, 0.717) is 47.8 Å². The second kappa shape index (κ2) is 6.89. The molecule has 3 heterocycles. The zero-order valence-corrected chi connectivity index (χ0v) is 17.4. The van der Waals surface area contributed by atoms with Crippen LogP contribution in [0.4, 0.5) is 4.79 Å². The SMILES string of the molecule is CCOC(=O)N1CCC2(CC(N3C[C@@H]4[C@H](C3)[C@@H]4C(=O)N3CCCC[C@H]3C)C2)C1. The first-order chi connectivity index (χ1) is 13.5. The monoisotopic (exact) mass is 389 g/mol. The number of fused-ring (bicyclic) bond motifs is 1. The van der Waals surface area contributed by atoms with Crippen LogP contribution in [-0.2, 0) is 9.53 Å². The summed E-state index contributed by atoms with van der Waals surface area (Å²) in [5.41, 5.74) is 0.336. The third kappa shape index (κ3) is 3.03. The number of hydrogen-bond acceptors (Lipinski definition) is 4. The van der Waals surface area contributed by atoms with Crippen LogP contribution in [0.15, 0.2) is 0 Å². The van der Waals surface area contributed by atoms with Crippen molar-refractivity contribution in [3.05, 3.63) is 0 Å². The summed E-state index contributed by atoms with van der Waals surface area (Å²) in [6.07, 6.45) is 7.03. The normalized spacial score (nSPS) is 42.4. The van der Waals surface area contributed by atoms with Crippen molar-refractivity contribution < 1.29 is 14.3 Å². The van der Waals surface area contributed by atoms with E-state index in [-0.39, 0.29) is 6.09 Å². The molecule has 5 fully saturated rings. The maximum atomic E-state index is 13.0. The Morgan fingerprint density at radius 3 is 2.54 bits per heavy atom. The number of carbonyl (C=O) groups is 2. The van der Waals surface area contributed by atoms with Crippen LogP contribution in [0.25, 0.3) is 0 Å². The van der Waals surface area contributed by atoms with Crippen molar-refractivity contribution >= 4 is 12.0 Å². The standard InChI is InChI=1S/C22H35N3O3/c1-3-28-21(27)23-9-7-22(14-23)10-16(11-22)24-12-17-18(13-24)19(17)20(26)25-8-5-4-6-15(25)2/h15-19H,3-14H2,1-2H3/t15-,16?,17-,18+,19-,22?/m1/s1. The number of likely N-dealkylation sites (tertiary alicyclic amines) is 3. The van der Waals surface area contributed by atoms with Crippen molar-refractivity contribution in [2.24, 2.45) is 23.2 Å². The van der Waals surface area contributed by atoms with Crippen LogP contribution in [0, 0.1) is 23.2 Å². The molecule has 2 amide bonds. The van der Waals surface area contributed by atoms with Gasteiger partial charge in [0.2, 0.25) is 5.91 Å². The molecule has 0 bridgehead atoms. The molecule has 0 aromatic carbocycles. The quantitative estimate of drug-likeness (QED) is 0.744. The molecular formula is C22H35N3O3. The number of rotatable bonds is 3. The molecule has 0 unspecified atom stereocenters. The zero-order chi connectivity index (χ0) is 19.5. The van der Waals surface area contributed by atoms with Gasteiger partial charge >= 0.3 is 6.09 Å². The molecule has 156 valence electrons. The predicted molar refractivity (Wildman–Crippen MR) is 106 cm³/mol. The lowest BCUT2D eigenvalue weighted by atomic mass is 9.64. The number of nitrogens with zero attached hydrogens (tertiary/aromatic N) is 3. The van der Waals surface area contributed by atoms with Gasteiger partial charge in [-0.25, -0.2) is 4.79 Å². The molecule has 5 rings (SSSR count). The minimum absolute atomic E-state index is 0.140. The van der Waals surface area contributed by atoms with Gasteiger partial charge in [-0.1, -0.05) is 0 Å². The summed E-state index contributed by atoms with van der Waals surface area (Å²) in [6.45, 7) is 9.47. The van der Waals surface area contributed by atoms with E-state index >= 15 is 0 Å². The molecule has 0 radical (unpaired) electrons. The van der Waals surface area contributed by atoms with E-state index < -0.39 is 0 Å². The van der Waals surface area contributed by atoms with Crippen LogP contribution in [0.1, 0.15) is 52.4 Å². The third-order valence-corrected chi connectivity index (χ3v) is 8.41. The summed E-state index contributed by atoms with van der Waals surface area (Å²) < 4.78 is 5.17. The molecule has 0 N–H and O–H groups in total. The maximum Gasteiger partial charge on any atom is 0.409 e. The van der Waals surface area contributed by atoms with Crippen LogP contribution >= 0.6 is 0 Å². The Labute approximate surface area is 168 Å². The number of piperidine rings is 2. The van der Waals surface area contributed by atoms with Crippen LogP contribution in [-0.4, -0.2) is 78.1 Å². The second-order valence-electron chi connectivity index (χ2n) is 10.1. The van der Waals surface area contributed by atoms with Gasteiger partial charge in [0.05, 0.1) is 6.61 Å². The summed E-state index contributed by atoms with van der Waals surface area (Å²) in [6, 6.07) is 1.11. The lowest BCUT2D eigenvalue weighted by Gasteiger charge is -2.49. The molecule has 28 heavy (non-hydrogen) atoms. The van der Waals surface area contributed by atoms with Gasteiger partial charge in [-0.2, -0.15) is 0 Å². The lowest BCUT2D eigenvalue weighted by molar-refractivity contribution is -0.137. The highest BCUT2D eigenvalue weighted by Gasteiger charge is 2.63. The van der Waals surface area contributed by atoms with Gasteiger partial charge in [-0.3, -0.25) is 9.69 Å². The fourth-order valence-corrected chi connectivity index (χ4v) is 6.68. The highest BCUT2D eigenvalue weighted by atomic mass is 16.6. The first-order valence-electron chi connectivity index (χ1n) is 11.5. The molecule has 3 saturated heterocycles. The first-order valence-corrected chi connectivity index (χ1v) is 11.5. The Kier molecular flexibility index (Phi) is 4.61. The van der Waals surface area contributed by atoms with Crippen LogP contribution in [0.3, 0.4) is 0 Å². The minimum Gasteiger partial charge on any atom is -0.450 e. The van der Waals surface area contributed by atoms with Gasteiger partial charge in [-0.05, 0) is 69.6 Å². The fraction of sp³-hybridized carbons (Fsp3) is 0.909. The van der Waals surface area contributed by atoms with E-state index in [1.807, 2.05) is 11.8 Å². The van der Waals surface area contributed by atoms with Crippen molar-refractivity contribution in [3.8, 4) is 0 Å². The first kappa shape index (κ1) is 18.7. The van der Waals surface area contributed by atoms with E-state index in [0.717, 1.165) is 39.1 Å². The Bertz CT molecular complexity index is 635. The predicted octanol–water partition coefficient (Wildman–Crippen LogP) is 2.58. The summed E-state index contributed by atoms with van der Waals surface area (Å²) in [7, 11) is 0. The van der Waals surface area contributed by atoms with Crippen LogP contribution in [0.2, 0.25) is 0 Å². The molecular weight excluding hydrogens is 354 g/mol. The number of amides is 2. The number of carbonyl (C=O) groups excluding carboxylic acids is 2.